The van der Waals surface area contributed by atoms with Gasteiger partial charge in [0.1, 0.15) is 23.5 Å². The average molecular weight is 382 g/mol. The SMILES string of the molecule is COc1cccc(CNC(=O)c2cc(C(=O)N[C@@H](C)C#CC(=O)O)ncn2)c1. The van der Waals surface area contributed by atoms with Crippen molar-refractivity contribution in [3.63, 3.8) is 0 Å². The maximum absolute atomic E-state index is 12.3. The molecule has 1 heterocycles. The van der Waals surface area contributed by atoms with Gasteiger partial charge < -0.3 is 20.5 Å². The fourth-order valence-corrected chi connectivity index (χ4v) is 2.14. The Bertz CT molecular complexity index is 949. The lowest BCUT2D eigenvalue weighted by Crippen LogP contribution is -2.32. The van der Waals surface area contributed by atoms with Gasteiger partial charge in [-0.3, -0.25) is 9.59 Å². The van der Waals surface area contributed by atoms with Gasteiger partial charge in [-0.05, 0) is 24.6 Å². The molecule has 28 heavy (non-hydrogen) atoms. The van der Waals surface area contributed by atoms with Crippen molar-refractivity contribution in [1.82, 2.24) is 20.6 Å². The van der Waals surface area contributed by atoms with Gasteiger partial charge in [-0.2, -0.15) is 0 Å². The minimum absolute atomic E-state index is 0.0207. The van der Waals surface area contributed by atoms with Gasteiger partial charge in [0.2, 0.25) is 0 Å². The fraction of sp³-hybridized carbons (Fsp3) is 0.211. The van der Waals surface area contributed by atoms with Crippen molar-refractivity contribution in [2.45, 2.75) is 19.5 Å². The normalized spacial score (nSPS) is 10.8. The second-order valence-corrected chi connectivity index (χ2v) is 5.59. The van der Waals surface area contributed by atoms with E-state index in [-0.39, 0.29) is 17.9 Å². The number of nitrogens with one attached hydrogen (secondary N) is 2. The molecule has 0 aliphatic carbocycles. The molecule has 0 radical (unpaired) electrons. The maximum Gasteiger partial charge on any atom is 0.381 e. The lowest BCUT2D eigenvalue weighted by Gasteiger charge is -2.09. The van der Waals surface area contributed by atoms with E-state index >= 15 is 0 Å². The highest BCUT2D eigenvalue weighted by Gasteiger charge is 2.14. The van der Waals surface area contributed by atoms with E-state index in [1.807, 2.05) is 18.1 Å². The van der Waals surface area contributed by atoms with Crippen LogP contribution in [0.3, 0.4) is 0 Å². The number of amides is 2. The number of benzene rings is 1. The molecule has 3 N–H and O–H groups in total. The molecule has 0 saturated heterocycles. The lowest BCUT2D eigenvalue weighted by atomic mass is 10.2. The Morgan fingerprint density at radius 3 is 2.57 bits per heavy atom. The summed E-state index contributed by atoms with van der Waals surface area (Å²) in [5, 5.41) is 13.7. The van der Waals surface area contributed by atoms with Gasteiger partial charge in [0.05, 0.1) is 13.2 Å². The summed E-state index contributed by atoms with van der Waals surface area (Å²) in [6.45, 7) is 1.78. The molecule has 1 aromatic heterocycles. The van der Waals surface area contributed by atoms with E-state index in [2.05, 4.69) is 26.5 Å². The molecule has 0 bridgehead atoms. The summed E-state index contributed by atoms with van der Waals surface area (Å²) >= 11 is 0. The third-order valence-electron chi connectivity index (χ3n) is 3.46. The average Bonchev–Trinajstić information content (AvgIpc) is 2.70. The quantitative estimate of drug-likeness (QED) is 0.624. The Labute approximate surface area is 161 Å². The van der Waals surface area contributed by atoms with Gasteiger partial charge in [0.25, 0.3) is 11.8 Å². The summed E-state index contributed by atoms with van der Waals surface area (Å²) in [5.74, 6) is 2.58. The number of hydrogen-bond donors (Lipinski definition) is 3. The van der Waals surface area contributed by atoms with Gasteiger partial charge >= 0.3 is 5.97 Å². The summed E-state index contributed by atoms with van der Waals surface area (Å²) in [6, 6.07) is 7.77. The van der Waals surface area contributed by atoms with Gasteiger partial charge in [-0.15, -0.1) is 0 Å². The predicted molar refractivity (Wildman–Crippen MR) is 98.5 cm³/mol. The Morgan fingerprint density at radius 1 is 1.18 bits per heavy atom. The Balaban J connectivity index is 2.01. The largest absolute Gasteiger partial charge is 0.497 e. The molecule has 0 unspecified atom stereocenters. The highest BCUT2D eigenvalue weighted by Crippen LogP contribution is 2.12. The second kappa shape index (κ2) is 9.68. The standard InChI is InChI=1S/C19H18N4O5/c1-12(6-7-17(24)25)23-19(27)16-9-15(21-11-22-16)18(26)20-10-13-4-3-5-14(8-13)28-2/h3-5,8-9,11-12H,10H2,1-2H3,(H,20,26)(H,23,27)(H,24,25)/t12-/m0/s1. The molecule has 2 aromatic rings. The molecule has 1 atom stereocenters. The summed E-state index contributed by atoms with van der Waals surface area (Å²) in [5.41, 5.74) is 0.823. The van der Waals surface area contributed by atoms with Gasteiger partial charge in [0, 0.05) is 18.5 Å². The van der Waals surface area contributed by atoms with E-state index in [0.717, 1.165) is 11.9 Å². The number of carboxylic acids is 1. The molecule has 2 rings (SSSR count). The minimum atomic E-state index is -1.29. The molecule has 0 saturated carbocycles. The van der Waals surface area contributed by atoms with Crippen molar-refractivity contribution in [2.24, 2.45) is 0 Å². The Hall–Kier alpha value is -3.93. The van der Waals surface area contributed by atoms with Crippen molar-refractivity contribution in [3.8, 4) is 17.6 Å². The molecule has 0 aliphatic rings. The molecule has 9 nitrogen and oxygen atoms in total. The smallest absolute Gasteiger partial charge is 0.381 e. The first-order valence-electron chi connectivity index (χ1n) is 8.17. The first-order valence-corrected chi connectivity index (χ1v) is 8.17. The van der Waals surface area contributed by atoms with Crippen molar-refractivity contribution in [1.29, 1.82) is 0 Å². The van der Waals surface area contributed by atoms with E-state index in [1.54, 1.807) is 19.2 Å². The van der Waals surface area contributed by atoms with Crippen molar-refractivity contribution >= 4 is 17.8 Å². The predicted octanol–water partition coefficient (Wildman–Crippen LogP) is 0.621. The maximum atomic E-state index is 12.3. The number of nitrogens with zero attached hydrogens (tertiary/aromatic N) is 2. The lowest BCUT2D eigenvalue weighted by molar-refractivity contribution is -0.130. The monoisotopic (exact) mass is 382 g/mol. The molecular weight excluding hydrogens is 364 g/mol. The van der Waals surface area contributed by atoms with Gasteiger partial charge in [-0.1, -0.05) is 18.1 Å². The summed E-state index contributed by atoms with van der Waals surface area (Å²) in [7, 11) is 1.55. The number of ether oxygens (including phenoxy) is 1. The van der Waals surface area contributed by atoms with Gasteiger partial charge in [0.15, 0.2) is 0 Å². The zero-order chi connectivity index (χ0) is 20.5. The van der Waals surface area contributed by atoms with Crippen LogP contribution >= 0.6 is 0 Å². The van der Waals surface area contributed by atoms with E-state index in [4.69, 9.17) is 9.84 Å². The number of carbonyl (C=O) groups is 3. The van der Waals surface area contributed by atoms with E-state index in [1.165, 1.54) is 13.0 Å². The van der Waals surface area contributed by atoms with E-state index in [0.29, 0.717) is 5.75 Å². The van der Waals surface area contributed by atoms with Crippen LogP contribution in [0.2, 0.25) is 0 Å². The zero-order valence-corrected chi connectivity index (χ0v) is 15.2. The zero-order valence-electron chi connectivity index (χ0n) is 15.2. The molecule has 0 fully saturated rings. The molecule has 9 heteroatoms. The number of aromatic nitrogens is 2. The number of carboxylic acid groups (broad SMARTS) is 1. The van der Waals surface area contributed by atoms with Crippen LogP contribution in [0.5, 0.6) is 5.75 Å². The number of methoxy groups -OCH3 is 1. The van der Waals surface area contributed by atoms with Crippen molar-refractivity contribution in [3.05, 3.63) is 53.6 Å². The fourth-order valence-electron chi connectivity index (χ4n) is 2.14. The summed E-state index contributed by atoms with van der Waals surface area (Å²) in [4.78, 5) is 42.6. The second-order valence-electron chi connectivity index (χ2n) is 5.59. The molecule has 0 spiro atoms. The van der Waals surface area contributed by atoms with Crippen molar-refractivity contribution in [2.75, 3.05) is 7.11 Å². The van der Waals surface area contributed by atoms with Crippen LogP contribution in [-0.2, 0) is 11.3 Å². The van der Waals surface area contributed by atoms with Crippen LogP contribution in [0.4, 0.5) is 0 Å². The highest BCUT2D eigenvalue weighted by atomic mass is 16.5. The number of rotatable bonds is 6. The first kappa shape index (κ1) is 20.4. The molecular formula is C19H18N4O5. The topological polar surface area (TPSA) is 131 Å². The molecule has 0 aliphatic heterocycles. The Morgan fingerprint density at radius 2 is 1.89 bits per heavy atom. The number of hydrogen-bond acceptors (Lipinski definition) is 6. The van der Waals surface area contributed by atoms with Crippen LogP contribution in [0.25, 0.3) is 0 Å². The van der Waals surface area contributed by atoms with E-state index < -0.39 is 23.8 Å². The van der Waals surface area contributed by atoms with Crippen molar-refractivity contribution < 1.29 is 24.2 Å². The first-order chi connectivity index (χ1) is 13.4. The van der Waals surface area contributed by atoms with Gasteiger partial charge in [-0.25, -0.2) is 14.8 Å². The van der Waals surface area contributed by atoms with Crippen LogP contribution in [0, 0.1) is 11.8 Å². The minimum Gasteiger partial charge on any atom is -0.497 e. The molecule has 144 valence electrons. The van der Waals surface area contributed by atoms with Crippen LogP contribution < -0.4 is 15.4 Å². The number of carbonyl (C=O) groups excluding carboxylic acids is 2. The van der Waals surface area contributed by atoms with Crippen LogP contribution in [-0.4, -0.2) is 46.0 Å². The van der Waals surface area contributed by atoms with Crippen LogP contribution in [0.1, 0.15) is 33.5 Å². The molecule has 2 amide bonds. The summed E-state index contributed by atoms with van der Waals surface area (Å²) in [6.07, 6.45) is 1.10. The summed E-state index contributed by atoms with van der Waals surface area (Å²) < 4.78 is 5.13. The third-order valence-corrected chi connectivity index (χ3v) is 3.46. The van der Waals surface area contributed by atoms with Crippen LogP contribution in [0.15, 0.2) is 36.7 Å². The number of aliphatic carboxylic acids is 1. The Kier molecular flexibility index (Phi) is 7.05. The highest BCUT2D eigenvalue weighted by molar-refractivity contribution is 5.97. The van der Waals surface area contributed by atoms with E-state index in [9.17, 15) is 14.4 Å². The molecule has 1 aromatic carbocycles. The third kappa shape index (κ3) is 6.10.